The van der Waals surface area contributed by atoms with Gasteiger partial charge >= 0.3 is 0 Å². The van der Waals surface area contributed by atoms with Crippen molar-refractivity contribution < 1.29 is 4.79 Å². The fourth-order valence-electron chi connectivity index (χ4n) is 2.86. The van der Waals surface area contributed by atoms with E-state index in [1.807, 2.05) is 0 Å². The van der Waals surface area contributed by atoms with Crippen molar-refractivity contribution in [3.63, 3.8) is 0 Å². The third-order valence-corrected chi connectivity index (χ3v) is 4.42. The molecule has 0 saturated carbocycles. The third-order valence-electron chi connectivity index (χ3n) is 4.42. The first-order valence-electron chi connectivity index (χ1n) is 8.54. The van der Waals surface area contributed by atoms with Crippen molar-refractivity contribution in [1.29, 1.82) is 0 Å². The summed E-state index contributed by atoms with van der Waals surface area (Å²) >= 11 is 0. The number of carbonyl (C=O) groups excluding carboxylic acids is 1. The predicted octanol–water partition coefficient (Wildman–Crippen LogP) is 3.13. The van der Waals surface area contributed by atoms with Gasteiger partial charge in [-0.15, -0.1) is 24.8 Å². The number of nitrogens with one attached hydrogen (secondary N) is 2. The molecule has 1 fully saturated rings. The highest BCUT2D eigenvalue weighted by Gasteiger charge is 2.19. The summed E-state index contributed by atoms with van der Waals surface area (Å²) in [6.45, 7) is 9.08. The zero-order chi connectivity index (χ0) is 15.8. The second-order valence-corrected chi connectivity index (χ2v) is 6.00. The number of rotatable bonds is 7. The van der Waals surface area contributed by atoms with Crippen LogP contribution in [0.15, 0.2) is 24.3 Å². The van der Waals surface area contributed by atoms with Crippen molar-refractivity contribution in [2.75, 3.05) is 19.6 Å². The topological polar surface area (TPSA) is 44.4 Å². The molecule has 2 N–H and O–H groups in total. The lowest BCUT2D eigenvalue weighted by atomic mass is 10.0. The Morgan fingerprint density at radius 1 is 1.12 bits per heavy atom. The Balaban J connectivity index is 0.00000264. The van der Waals surface area contributed by atoms with Crippen molar-refractivity contribution in [3.8, 4) is 0 Å². The van der Waals surface area contributed by atoms with Crippen LogP contribution in [0.25, 0.3) is 0 Å². The summed E-state index contributed by atoms with van der Waals surface area (Å²) in [5.74, 6) is 0.131. The van der Waals surface area contributed by atoms with Gasteiger partial charge in [-0.05, 0) is 43.6 Å². The number of hydrogen-bond acceptors (Lipinski definition) is 3. The normalized spacial score (nSPS) is 16.9. The van der Waals surface area contributed by atoms with Crippen molar-refractivity contribution in [3.05, 3.63) is 35.4 Å². The number of nitrogens with zero attached hydrogens (tertiary/aromatic N) is 1. The summed E-state index contributed by atoms with van der Waals surface area (Å²) in [5, 5.41) is 6.32. The van der Waals surface area contributed by atoms with Gasteiger partial charge in [0, 0.05) is 13.1 Å². The highest BCUT2D eigenvalue weighted by molar-refractivity contribution is 5.85. The van der Waals surface area contributed by atoms with E-state index in [2.05, 4.69) is 53.6 Å². The Labute approximate surface area is 158 Å². The van der Waals surface area contributed by atoms with E-state index in [0.29, 0.717) is 6.54 Å². The number of hydrogen-bond donors (Lipinski definition) is 2. The minimum absolute atomic E-state index is 0. The molecule has 1 aliphatic rings. The van der Waals surface area contributed by atoms with Crippen LogP contribution in [-0.2, 0) is 17.9 Å². The summed E-state index contributed by atoms with van der Waals surface area (Å²) < 4.78 is 0. The molecule has 1 aromatic carbocycles. The molecular formula is C18H31Cl2N3O. The number of carbonyl (C=O) groups is 1. The molecule has 1 aromatic rings. The van der Waals surface area contributed by atoms with Gasteiger partial charge in [0.25, 0.3) is 0 Å². The molecule has 24 heavy (non-hydrogen) atoms. The van der Waals surface area contributed by atoms with Crippen molar-refractivity contribution in [2.24, 2.45) is 0 Å². The zero-order valence-corrected chi connectivity index (χ0v) is 16.3. The van der Waals surface area contributed by atoms with Crippen LogP contribution in [0.1, 0.15) is 44.2 Å². The fraction of sp³-hybridized carbons (Fsp3) is 0.611. The molecule has 0 radical (unpaired) electrons. The first-order valence-corrected chi connectivity index (χ1v) is 8.54. The molecule has 1 heterocycles. The van der Waals surface area contributed by atoms with Crippen LogP contribution in [-0.4, -0.2) is 36.5 Å². The zero-order valence-electron chi connectivity index (χ0n) is 14.7. The molecule has 2 rings (SSSR count). The average Bonchev–Trinajstić information content (AvgIpc) is 2.59. The molecular weight excluding hydrogens is 345 g/mol. The van der Waals surface area contributed by atoms with Gasteiger partial charge in [0.15, 0.2) is 0 Å². The quantitative estimate of drug-likeness (QED) is 0.769. The maximum absolute atomic E-state index is 12.1. The van der Waals surface area contributed by atoms with Crippen molar-refractivity contribution >= 4 is 30.7 Å². The Morgan fingerprint density at radius 2 is 1.75 bits per heavy atom. The molecule has 1 atom stereocenters. The largest absolute Gasteiger partial charge is 0.351 e. The maximum Gasteiger partial charge on any atom is 0.237 e. The first kappa shape index (κ1) is 23.2. The second-order valence-electron chi connectivity index (χ2n) is 6.00. The molecule has 0 aromatic heterocycles. The summed E-state index contributed by atoms with van der Waals surface area (Å²) in [5.41, 5.74) is 2.49. The van der Waals surface area contributed by atoms with Gasteiger partial charge in [-0.1, -0.05) is 44.5 Å². The summed E-state index contributed by atoms with van der Waals surface area (Å²) in [4.78, 5) is 14.5. The van der Waals surface area contributed by atoms with E-state index < -0.39 is 0 Å². The van der Waals surface area contributed by atoms with Crippen LogP contribution in [0.3, 0.4) is 0 Å². The molecule has 4 nitrogen and oxygen atoms in total. The Bertz CT molecular complexity index is 458. The second kappa shape index (κ2) is 12.5. The Kier molecular flexibility index (Phi) is 12.1. The molecule has 0 bridgehead atoms. The monoisotopic (exact) mass is 375 g/mol. The van der Waals surface area contributed by atoms with Crippen LogP contribution in [0.4, 0.5) is 0 Å². The van der Waals surface area contributed by atoms with E-state index in [1.54, 1.807) is 0 Å². The third kappa shape index (κ3) is 7.39. The fourth-order valence-corrected chi connectivity index (χ4v) is 2.86. The van der Waals surface area contributed by atoms with Crippen molar-refractivity contribution in [2.45, 2.75) is 52.2 Å². The van der Waals surface area contributed by atoms with Gasteiger partial charge < -0.3 is 10.6 Å². The minimum Gasteiger partial charge on any atom is -0.351 e. The summed E-state index contributed by atoms with van der Waals surface area (Å²) in [6.07, 6.45) is 3.28. The smallest absolute Gasteiger partial charge is 0.237 e. The lowest BCUT2D eigenvalue weighted by Crippen LogP contribution is -2.46. The van der Waals surface area contributed by atoms with Crippen LogP contribution < -0.4 is 10.6 Å². The Hall–Kier alpha value is -0.810. The summed E-state index contributed by atoms with van der Waals surface area (Å²) in [6, 6.07) is 8.56. The van der Waals surface area contributed by atoms with Gasteiger partial charge in [-0.25, -0.2) is 0 Å². The van der Waals surface area contributed by atoms with E-state index in [1.165, 1.54) is 12.0 Å². The molecule has 138 valence electrons. The molecule has 0 spiro atoms. The van der Waals surface area contributed by atoms with Gasteiger partial charge in [-0.3, -0.25) is 9.69 Å². The molecule has 0 unspecified atom stereocenters. The average molecular weight is 376 g/mol. The molecule has 0 aliphatic carbocycles. The molecule has 1 amide bonds. The summed E-state index contributed by atoms with van der Waals surface area (Å²) in [7, 11) is 0. The van der Waals surface area contributed by atoms with E-state index in [-0.39, 0.29) is 36.8 Å². The molecule has 6 heteroatoms. The Morgan fingerprint density at radius 3 is 2.29 bits per heavy atom. The van der Waals surface area contributed by atoms with Crippen molar-refractivity contribution in [1.82, 2.24) is 15.5 Å². The molecule has 1 aliphatic heterocycles. The maximum atomic E-state index is 12.1. The SMILES string of the molecule is CCN(CC)Cc1ccc(CNC(=O)[C@@H]2CCCCN2)cc1.Cl.Cl. The van der Waals surface area contributed by atoms with E-state index in [4.69, 9.17) is 0 Å². The van der Waals surface area contributed by atoms with Gasteiger partial charge in [-0.2, -0.15) is 0 Å². The number of amides is 1. The van der Waals surface area contributed by atoms with Crippen LogP contribution >= 0.6 is 24.8 Å². The predicted molar refractivity (Wildman–Crippen MR) is 105 cm³/mol. The van der Waals surface area contributed by atoms with Crippen LogP contribution in [0.5, 0.6) is 0 Å². The minimum atomic E-state index is -0.00399. The number of halogens is 2. The number of piperidine rings is 1. The standard InChI is InChI=1S/C18H29N3O.2ClH/c1-3-21(4-2)14-16-10-8-15(9-11-16)13-20-18(22)17-7-5-6-12-19-17;;/h8-11,17,19H,3-7,12-14H2,1-2H3,(H,20,22);2*1H/t17-;;/m0../s1. The van der Waals surface area contributed by atoms with Gasteiger partial charge in [0.2, 0.25) is 5.91 Å². The highest BCUT2D eigenvalue weighted by atomic mass is 35.5. The highest BCUT2D eigenvalue weighted by Crippen LogP contribution is 2.09. The van der Waals surface area contributed by atoms with Gasteiger partial charge in [0.1, 0.15) is 0 Å². The van der Waals surface area contributed by atoms with E-state index in [0.717, 1.165) is 44.6 Å². The van der Waals surface area contributed by atoms with Gasteiger partial charge in [0.05, 0.1) is 6.04 Å². The lowest BCUT2D eigenvalue weighted by Gasteiger charge is -2.22. The molecule has 1 saturated heterocycles. The van der Waals surface area contributed by atoms with Crippen LogP contribution in [0, 0.1) is 0 Å². The van der Waals surface area contributed by atoms with Crippen LogP contribution in [0.2, 0.25) is 0 Å². The van der Waals surface area contributed by atoms with E-state index in [9.17, 15) is 4.79 Å². The van der Waals surface area contributed by atoms with E-state index >= 15 is 0 Å². The first-order chi connectivity index (χ1) is 10.7. The number of benzene rings is 1. The lowest BCUT2D eigenvalue weighted by molar-refractivity contribution is -0.123.